The number of ketones is 2. The highest BCUT2D eigenvalue weighted by Crippen LogP contribution is 2.74. The standard InChI is InChI=1S/C32H43NO4/c1-27(2)11-13-32(26(36)37-8)14-12-31(7)24(20(32)17-27)21(34)15-23-29(5)16-19(18-33)25(35)28(3,4)22(29)9-10-30(23,31)6/h15-16,20,22,24H,9-14,17H2,1-8H3/t20-,22?,24?,29+,30-,31-,32+/m1/s1. The van der Waals surface area contributed by atoms with Crippen molar-refractivity contribution in [3.05, 3.63) is 23.3 Å². The Bertz CT molecular complexity index is 1200. The number of methoxy groups -OCH3 is 1. The molecule has 7 atom stereocenters. The molecule has 0 N–H and O–H groups in total. The number of carbonyl (C=O) groups excluding carboxylic acids is 3. The van der Waals surface area contributed by atoms with Gasteiger partial charge in [-0.1, -0.05) is 60.1 Å². The fourth-order valence-corrected chi connectivity index (χ4v) is 10.2. The summed E-state index contributed by atoms with van der Waals surface area (Å²) < 4.78 is 5.41. The molecular weight excluding hydrogens is 462 g/mol. The number of hydrogen-bond acceptors (Lipinski definition) is 5. The number of nitriles is 1. The van der Waals surface area contributed by atoms with E-state index in [0.29, 0.717) is 0 Å². The molecule has 0 spiro atoms. The van der Waals surface area contributed by atoms with Crippen molar-refractivity contribution >= 4 is 17.5 Å². The van der Waals surface area contributed by atoms with Crippen LogP contribution in [0.25, 0.3) is 0 Å². The minimum Gasteiger partial charge on any atom is -0.469 e. The van der Waals surface area contributed by atoms with Gasteiger partial charge in [-0.2, -0.15) is 5.26 Å². The summed E-state index contributed by atoms with van der Waals surface area (Å²) >= 11 is 0. The maximum Gasteiger partial charge on any atom is 0.312 e. The number of nitrogens with zero attached hydrogens (tertiary/aromatic N) is 1. The molecule has 0 heterocycles. The molecule has 2 unspecified atom stereocenters. The van der Waals surface area contributed by atoms with E-state index in [4.69, 9.17) is 4.74 Å². The Kier molecular flexibility index (Phi) is 5.47. The molecular formula is C32H43NO4. The van der Waals surface area contributed by atoms with Gasteiger partial charge in [-0.15, -0.1) is 0 Å². The zero-order valence-electron chi connectivity index (χ0n) is 23.9. The van der Waals surface area contributed by atoms with E-state index >= 15 is 0 Å². The molecule has 3 saturated carbocycles. The van der Waals surface area contributed by atoms with Crippen molar-refractivity contribution in [2.45, 2.75) is 93.4 Å². The average Bonchev–Trinajstić information content (AvgIpc) is 2.82. The fourth-order valence-electron chi connectivity index (χ4n) is 10.2. The van der Waals surface area contributed by atoms with Crippen LogP contribution in [-0.2, 0) is 19.1 Å². The van der Waals surface area contributed by atoms with Crippen LogP contribution in [0.4, 0.5) is 0 Å². The van der Waals surface area contributed by atoms with Gasteiger partial charge in [0.25, 0.3) is 0 Å². The molecule has 0 aromatic carbocycles. The van der Waals surface area contributed by atoms with E-state index in [1.807, 2.05) is 26.0 Å². The molecule has 0 amide bonds. The summed E-state index contributed by atoms with van der Waals surface area (Å²) in [6.07, 6.45) is 9.65. The lowest BCUT2D eigenvalue weighted by Gasteiger charge is -2.68. The molecule has 5 aliphatic rings. The fraction of sp³-hybridized carbons (Fsp3) is 0.750. The first kappa shape index (κ1) is 26.4. The van der Waals surface area contributed by atoms with Gasteiger partial charge in [0.05, 0.1) is 18.1 Å². The normalized spacial score (nSPS) is 45.6. The lowest BCUT2D eigenvalue weighted by molar-refractivity contribution is -0.191. The van der Waals surface area contributed by atoms with E-state index in [2.05, 4.69) is 40.7 Å². The van der Waals surface area contributed by atoms with E-state index in [0.717, 1.165) is 50.5 Å². The van der Waals surface area contributed by atoms with E-state index < -0.39 is 16.2 Å². The van der Waals surface area contributed by atoms with Gasteiger partial charge in [0.15, 0.2) is 11.6 Å². The molecule has 37 heavy (non-hydrogen) atoms. The first-order valence-corrected chi connectivity index (χ1v) is 14.1. The van der Waals surface area contributed by atoms with Crippen LogP contribution in [0.2, 0.25) is 0 Å². The zero-order chi connectivity index (χ0) is 27.4. The molecule has 5 heteroatoms. The smallest absolute Gasteiger partial charge is 0.312 e. The third-order valence-electron chi connectivity index (χ3n) is 12.5. The molecule has 0 bridgehead atoms. The van der Waals surface area contributed by atoms with Crippen molar-refractivity contribution in [3.8, 4) is 6.07 Å². The summed E-state index contributed by atoms with van der Waals surface area (Å²) in [6, 6.07) is 2.17. The number of fused-ring (bicyclic) bond motifs is 7. The molecule has 200 valence electrons. The highest BCUT2D eigenvalue weighted by Gasteiger charge is 2.71. The number of hydrogen-bond donors (Lipinski definition) is 0. The minimum atomic E-state index is -0.669. The Hall–Kier alpha value is -2.22. The highest BCUT2D eigenvalue weighted by molar-refractivity contribution is 6.04. The summed E-state index contributed by atoms with van der Waals surface area (Å²) in [5, 5.41) is 9.86. The van der Waals surface area contributed by atoms with Gasteiger partial charge in [-0.25, -0.2) is 0 Å². The van der Waals surface area contributed by atoms with Gasteiger partial charge < -0.3 is 4.74 Å². The van der Waals surface area contributed by atoms with Gasteiger partial charge in [-0.3, -0.25) is 14.4 Å². The monoisotopic (exact) mass is 505 g/mol. The molecule has 5 aliphatic carbocycles. The Morgan fingerprint density at radius 1 is 1.00 bits per heavy atom. The Morgan fingerprint density at radius 3 is 2.27 bits per heavy atom. The number of ether oxygens (including phenoxy) is 1. The third-order valence-corrected chi connectivity index (χ3v) is 12.5. The van der Waals surface area contributed by atoms with Crippen molar-refractivity contribution in [1.29, 1.82) is 5.26 Å². The number of allylic oxidation sites excluding steroid dienone is 4. The Labute approximate surface area is 222 Å². The lowest BCUT2D eigenvalue weighted by atomic mass is 9.34. The van der Waals surface area contributed by atoms with Crippen LogP contribution in [0, 0.1) is 61.6 Å². The second-order valence-electron chi connectivity index (χ2n) is 14.9. The summed E-state index contributed by atoms with van der Waals surface area (Å²) in [6.45, 7) is 15.2. The first-order valence-electron chi connectivity index (χ1n) is 14.1. The molecule has 0 saturated heterocycles. The maximum absolute atomic E-state index is 14.4. The van der Waals surface area contributed by atoms with Crippen LogP contribution >= 0.6 is 0 Å². The largest absolute Gasteiger partial charge is 0.469 e. The summed E-state index contributed by atoms with van der Waals surface area (Å²) in [5.41, 5.74) is -1.02. The van der Waals surface area contributed by atoms with Crippen molar-refractivity contribution in [2.75, 3.05) is 7.11 Å². The second kappa shape index (κ2) is 7.67. The summed E-state index contributed by atoms with van der Waals surface area (Å²) in [7, 11) is 1.48. The van der Waals surface area contributed by atoms with E-state index in [9.17, 15) is 19.6 Å². The predicted molar refractivity (Wildman–Crippen MR) is 141 cm³/mol. The average molecular weight is 506 g/mol. The van der Waals surface area contributed by atoms with E-state index in [1.165, 1.54) is 7.11 Å². The Morgan fingerprint density at radius 2 is 1.65 bits per heavy atom. The minimum absolute atomic E-state index is 0.0308. The quantitative estimate of drug-likeness (QED) is 0.386. The van der Waals surface area contributed by atoms with Crippen LogP contribution in [0.3, 0.4) is 0 Å². The van der Waals surface area contributed by atoms with Crippen molar-refractivity contribution in [2.24, 2.45) is 50.2 Å². The van der Waals surface area contributed by atoms with Crippen LogP contribution < -0.4 is 0 Å². The topological polar surface area (TPSA) is 84.2 Å². The van der Waals surface area contributed by atoms with Crippen molar-refractivity contribution in [1.82, 2.24) is 0 Å². The van der Waals surface area contributed by atoms with Gasteiger partial charge in [0.2, 0.25) is 0 Å². The number of Topliss-reactive ketones (excluding diaryl/α,β-unsaturated/α-hetero) is 1. The third kappa shape index (κ3) is 3.11. The molecule has 0 radical (unpaired) electrons. The molecule has 3 fully saturated rings. The maximum atomic E-state index is 14.4. The highest BCUT2D eigenvalue weighted by atomic mass is 16.5. The molecule has 5 nitrogen and oxygen atoms in total. The molecule has 0 aliphatic heterocycles. The summed E-state index contributed by atoms with van der Waals surface area (Å²) in [4.78, 5) is 40.9. The summed E-state index contributed by atoms with van der Waals surface area (Å²) in [5.74, 6) is -0.376. The van der Waals surface area contributed by atoms with E-state index in [-0.39, 0.29) is 57.1 Å². The first-order chi connectivity index (χ1) is 17.0. The SMILES string of the molecule is COC(=O)[C@]12CCC(C)(C)C[C@@H]1C1C(=O)C=C3[C@@]4(C)C=C(C#N)C(=O)C(C)(C)C4CC[C@@]3(C)[C@]1(C)CC2. The number of rotatable bonds is 1. The lowest BCUT2D eigenvalue weighted by Crippen LogP contribution is -2.65. The second-order valence-corrected chi connectivity index (χ2v) is 14.9. The zero-order valence-corrected chi connectivity index (χ0v) is 23.9. The van der Waals surface area contributed by atoms with Crippen LogP contribution in [0.5, 0.6) is 0 Å². The molecule has 5 rings (SSSR count). The number of carbonyl (C=O) groups is 3. The van der Waals surface area contributed by atoms with Gasteiger partial charge in [0, 0.05) is 16.7 Å². The molecule has 0 aromatic rings. The van der Waals surface area contributed by atoms with Gasteiger partial charge in [0.1, 0.15) is 6.07 Å². The van der Waals surface area contributed by atoms with Crippen LogP contribution in [0.1, 0.15) is 93.4 Å². The van der Waals surface area contributed by atoms with Crippen molar-refractivity contribution in [3.63, 3.8) is 0 Å². The van der Waals surface area contributed by atoms with Crippen LogP contribution in [-0.4, -0.2) is 24.6 Å². The molecule has 0 aromatic heterocycles. The van der Waals surface area contributed by atoms with Gasteiger partial charge >= 0.3 is 5.97 Å². The van der Waals surface area contributed by atoms with Gasteiger partial charge in [-0.05, 0) is 79.1 Å². The van der Waals surface area contributed by atoms with Crippen molar-refractivity contribution < 1.29 is 19.1 Å². The predicted octanol–water partition coefficient (Wildman–Crippen LogP) is 6.38. The Balaban J connectivity index is 1.71. The van der Waals surface area contributed by atoms with E-state index in [1.54, 1.807) is 0 Å². The van der Waals surface area contributed by atoms with Crippen LogP contribution in [0.15, 0.2) is 23.3 Å². The number of esters is 1.